The summed E-state index contributed by atoms with van der Waals surface area (Å²) in [6.45, 7) is 13.6. The second-order valence-corrected chi connectivity index (χ2v) is 12.9. The number of ketones is 1. The van der Waals surface area contributed by atoms with Crippen molar-refractivity contribution in [3.8, 4) is 0 Å². The van der Waals surface area contributed by atoms with Crippen LogP contribution in [0.25, 0.3) is 0 Å². The maximum atomic E-state index is 12.9. The fraction of sp³-hybridized carbons (Fsp3) is 0.793. The van der Waals surface area contributed by atoms with Gasteiger partial charge in [0.1, 0.15) is 6.10 Å². The van der Waals surface area contributed by atoms with Crippen molar-refractivity contribution in [3.05, 3.63) is 23.8 Å². The van der Waals surface area contributed by atoms with Gasteiger partial charge in [-0.05, 0) is 66.8 Å². The molecule has 5 nitrogen and oxygen atoms in total. The normalized spacial score (nSPS) is 49.1. The van der Waals surface area contributed by atoms with Crippen molar-refractivity contribution in [3.63, 3.8) is 0 Å². The first-order valence-electron chi connectivity index (χ1n) is 13.2. The average molecular weight is 471 g/mol. The molecule has 34 heavy (non-hydrogen) atoms. The highest BCUT2D eigenvalue weighted by molar-refractivity contribution is 5.95. The molecule has 0 unspecified atom stereocenters. The Labute approximate surface area is 204 Å². The van der Waals surface area contributed by atoms with Gasteiger partial charge in [-0.3, -0.25) is 9.59 Å². The Hall–Kier alpha value is -1.46. The van der Waals surface area contributed by atoms with E-state index >= 15 is 0 Å². The van der Waals surface area contributed by atoms with E-state index in [1.807, 2.05) is 6.08 Å². The lowest BCUT2D eigenvalue weighted by atomic mass is 9.38. The maximum Gasteiger partial charge on any atom is 0.302 e. The van der Waals surface area contributed by atoms with Gasteiger partial charge in [0.2, 0.25) is 0 Å². The average Bonchev–Trinajstić information content (AvgIpc) is 3.36. The monoisotopic (exact) mass is 470 g/mol. The molecule has 1 saturated heterocycles. The van der Waals surface area contributed by atoms with Crippen molar-refractivity contribution >= 4 is 11.8 Å². The molecule has 9 atom stereocenters. The van der Waals surface area contributed by atoms with Gasteiger partial charge >= 0.3 is 5.97 Å². The third kappa shape index (κ3) is 3.05. The summed E-state index contributed by atoms with van der Waals surface area (Å²) < 4.78 is 17.8. The predicted molar refractivity (Wildman–Crippen MR) is 130 cm³/mol. The van der Waals surface area contributed by atoms with Crippen molar-refractivity contribution in [2.45, 2.75) is 86.0 Å². The van der Waals surface area contributed by atoms with Gasteiger partial charge in [-0.2, -0.15) is 0 Å². The number of rotatable bonds is 3. The van der Waals surface area contributed by atoms with E-state index in [-0.39, 0.29) is 46.3 Å². The van der Waals surface area contributed by atoms with Crippen LogP contribution in [0.15, 0.2) is 23.8 Å². The summed E-state index contributed by atoms with van der Waals surface area (Å²) in [4.78, 5) is 25.3. The van der Waals surface area contributed by atoms with Gasteiger partial charge in [0, 0.05) is 30.8 Å². The number of ether oxygens (including phenoxy) is 3. The Morgan fingerprint density at radius 1 is 1.12 bits per heavy atom. The predicted octanol–water partition coefficient (Wildman–Crippen LogP) is 5.49. The van der Waals surface area contributed by atoms with Crippen LogP contribution in [-0.2, 0) is 23.8 Å². The number of carbonyl (C=O) groups excluding carboxylic acids is 2. The smallest absolute Gasteiger partial charge is 0.302 e. The number of hydrogen-bond donors (Lipinski definition) is 0. The summed E-state index contributed by atoms with van der Waals surface area (Å²) in [6.07, 6.45) is 11.1. The molecule has 1 aliphatic heterocycles. The summed E-state index contributed by atoms with van der Waals surface area (Å²) in [5.74, 6) is 1.26. The van der Waals surface area contributed by atoms with Crippen LogP contribution in [-0.4, -0.2) is 37.9 Å². The van der Waals surface area contributed by atoms with Gasteiger partial charge in [-0.15, -0.1) is 0 Å². The Morgan fingerprint density at radius 2 is 1.85 bits per heavy atom. The van der Waals surface area contributed by atoms with Crippen LogP contribution in [0.1, 0.15) is 73.6 Å². The van der Waals surface area contributed by atoms with Gasteiger partial charge in [0.15, 0.2) is 12.1 Å². The molecule has 2 saturated carbocycles. The van der Waals surface area contributed by atoms with Crippen molar-refractivity contribution in [2.24, 2.45) is 45.3 Å². The quantitative estimate of drug-likeness (QED) is 0.403. The fourth-order valence-corrected chi connectivity index (χ4v) is 9.51. The van der Waals surface area contributed by atoms with Crippen LogP contribution >= 0.6 is 0 Å². The molecule has 5 rings (SSSR count). The molecule has 0 aromatic heterocycles. The van der Waals surface area contributed by atoms with Crippen LogP contribution in [0, 0.1) is 45.3 Å². The van der Waals surface area contributed by atoms with Crippen molar-refractivity contribution in [1.82, 2.24) is 0 Å². The first-order valence-corrected chi connectivity index (χ1v) is 13.2. The van der Waals surface area contributed by atoms with Gasteiger partial charge in [-0.25, -0.2) is 0 Å². The lowest BCUT2D eigenvalue weighted by Crippen LogP contribution is -2.64. The Bertz CT molecular complexity index is 948. The summed E-state index contributed by atoms with van der Waals surface area (Å²) in [5, 5.41) is 0. The minimum Gasteiger partial charge on any atom is -0.462 e. The van der Waals surface area contributed by atoms with E-state index in [1.165, 1.54) is 12.5 Å². The molecule has 3 fully saturated rings. The highest BCUT2D eigenvalue weighted by Gasteiger charge is 2.69. The molecule has 0 radical (unpaired) electrons. The van der Waals surface area contributed by atoms with Crippen molar-refractivity contribution in [1.29, 1.82) is 0 Å². The second kappa shape index (κ2) is 7.77. The first-order chi connectivity index (χ1) is 15.9. The number of carbonyl (C=O) groups is 2. The molecule has 4 aliphatic carbocycles. The molecule has 5 aliphatic rings. The molecular weight excluding hydrogens is 428 g/mol. The van der Waals surface area contributed by atoms with Gasteiger partial charge in [-0.1, -0.05) is 52.3 Å². The largest absolute Gasteiger partial charge is 0.462 e. The Kier molecular flexibility index (Phi) is 5.54. The number of methoxy groups -OCH3 is 1. The summed E-state index contributed by atoms with van der Waals surface area (Å²) in [6, 6.07) is 0. The number of esters is 1. The molecule has 0 aromatic carbocycles. The van der Waals surface area contributed by atoms with E-state index in [9.17, 15) is 9.59 Å². The topological polar surface area (TPSA) is 61.8 Å². The van der Waals surface area contributed by atoms with E-state index in [4.69, 9.17) is 14.2 Å². The molecule has 0 aromatic rings. The zero-order valence-electron chi connectivity index (χ0n) is 22.0. The molecular formula is C29H42O5. The zero-order valence-corrected chi connectivity index (χ0v) is 22.0. The van der Waals surface area contributed by atoms with Crippen LogP contribution < -0.4 is 0 Å². The van der Waals surface area contributed by atoms with Gasteiger partial charge in [0.25, 0.3) is 0 Å². The standard InChI is InChI=1S/C29H42O5/c1-17(30)34-24-16-22-26(2,3)23(31)11-14-28(22,5)21-10-13-27(4)19(8-9-20(27)29(21,24)6)18-12-15-33-25(18)32-7/h9,11,14,18-19,21-22,24-25H,8,10,12-13,15-16H2,1-7H3/t18-,19+,21-,22-,24-,25+,27+,28-,29+/m1/s1. The first kappa shape index (κ1) is 24.2. The minimum atomic E-state index is -0.469. The summed E-state index contributed by atoms with van der Waals surface area (Å²) >= 11 is 0. The van der Waals surface area contributed by atoms with Crippen LogP contribution in [0.4, 0.5) is 0 Å². The summed E-state index contributed by atoms with van der Waals surface area (Å²) in [7, 11) is 1.75. The lowest BCUT2D eigenvalue weighted by molar-refractivity contribution is -0.189. The van der Waals surface area contributed by atoms with E-state index < -0.39 is 5.41 Å². The van der Waals surface area contributed by atoms with E-state index in [2.05, 4.69) is 46.8 Å². The fourth-order valence-electron chi connectivity index (χ4n) is 9.51. The van der Waals surface area contributed by atoms with Crippen LogP contribution in [0.5, 0.6) is 0 Å². The third-order valence-electron chi connectivity index (χ3n) is 11.1. The molecule has 1 heterocycles. The Morgan fingerprint density at radius 3 is 2.53 bits per heavy atom. The third-order valence-corrected chi connectivity index (χ3v) is 11.1. The molecule has 0 N–H and O–H groups in total. The lowest BCUT2D eigenvalue weighted by Gasteiger charge is -2.66. The van der Waals surface area contributed by atoms with Crippen LogP contribution in [0.2, 0.25) is 0 Å². The molecule has 5 heteroatoms. The SMILES string of the molecule is CO[C@H]1OCC[C@@H]1[C@@H]1CC=C2[C@@]3(C)[C@H](CC[C@]21C)[C@@]1(C)C=CC(=O)C(C)(C)[C@H]1C[C@H]3OC(C)=O. The highest BCUT2D eigenvalue weighted by atomic mass is 16.7. The molecule has 0 bridgehead atoms. The number of fused-ring (bicyclic) bond motifs is 5. The van der Waals surface area contributed by atoms with Gasteiger partial charge in [0.05, 0.1) is 6.61 Å². The Balaban J connectivity index is 1.59. The summed E-state index contributed by atoms with van der Waals surface area (Å²) in [5.41, 5.74) is 0.655. The minimum absolute atomic E-state index is 0.0334. The maximum absolute atomic E-state index is 12.9. The van der Waals surface area contributed by atoms with Crippen LogP contribution in [0.3, 0.4) is 0 Å². The molecule has 0 spiro atoms. The van der Waals surface area contributed by atoms with E-state index in [0.29, 0.717) is 17.8 Å². The molecule has 0 amide bonds. The van der Waals surface area contributed by atoms with E-state index in [0.717, 1.165) is 38.7 Å². The molecule has 188 valence electrons. The zero-order chi connectivity index (χ0) is 24.7. The second-order valence-electron chi connectivity index (χ2n) is 12.9. The number of allylic oxidation sites excluding steroid dienone is 3. The van der Waals surface area contributed by atoms with Gasteiger partial charge < -0.3 is 14.2 Å². The van der Waals surface area contributed by atoms with E-state index in [1.54, 1.807) is 7.11 Å². The van der Waals surface area contributed by atoms with Crippen molar-refractivity contribution < 1.29 is 23.8 Å². The van der Waals surface area contributed by atoms with Crippen molar-refractivity contribution in [2.75, 3.05) is 13.7 Å². The number of hydrogen-bond acceptors (Lipinski definition) is 5. The highest BCUT2D eigenvalue weighted by Crippen LogP contribution is 2.72.